The van der Waals surface area contributed by atoms with Crippen LogP contribution in [0.15, 0.2) is 24.9 Å². The minimum absolute atomic E-state index is 0.821. The van der Waals surface area contributed by atoms with Gasteiger partial charge in [-0.25, -0.2) is 0 Å². The first-order valence-electron chi connectivity index (χ1n) is 5.19. The summed E-state index contributed by atoms with van der Waals surface area (Å²) >= 11 is 0. The second-order valence-corrected chi connectivity index (χ2v) is 4.43. The van der Waals surface area contributed by atoms with E-state index in [0.29, 0.717) is 0 Å². The van der Waals surface area contributed by atoms with E-state index in [1.165, 1.54) is 25.9 Å². The predicted octanol–water partition coefficient (Wildman–Crippen LogP) is 3.05. The van der Waals surface area contributed by atoms with Gasteiger partial charge in [-0.3, -0.25) is 0 Å². The van der Waals surface area contributed by atoms with Crippen molar-refractivity contribution in [3.63, 3.8) is 0 Å². The number of hydrogen-bond acceptors (Lipinski definition) is 1. The predicted molar refractivity (Wildman–Crippen MR) is 58.5 cm³/mol. The zero-order chi connectivity index (χ0) is 9.84. The summed E-state index contributed by atoms with van der Waals surface area (Å²) in [5.41, 5.74) is 1.09. The Labute approximate surface area is 82.1 Å². The molecule has 1 aliphatic rings. The van der Waals surface area contributed by atoms with Crippen molar-refractivity contribution in [3.8, 4) is 0 Å². The van der Waals surface area contributed by atoms with Crippen molar-refractivity contribution in [2.75, 3.05) is 13.1 Å². The molecule has 1 unspecified atom stereocenters. The van der Waals surface area contributed by atoms with Gasteiger partial charge in [-0.2, -0.15) is 0 Å². The Balaban J connectivity index is 2.36. The van der Waals surface area contributed by atoms with E-state index in [-0.39, 0.29) is 0 Å². The lowest BCUT2D eigenvalue weighted by Crippen LogP contribution is -2.18. The van der Waals surface area contributed by atoms with Gasteiger partial charge in [0.25, 0.3) is 0 Å². The summed E-state index contributed by atoms with van der Waals surface area (Å²) in [7, 11) is 0. The molecule has 0 aliphatic carbocycles. The molecule has 0 saturated carbocycles. The van der Waals surface area contributed by atoms with E-state index in [1.807, 2.05) is 6.08 Å². The van der Waals surface area contributed by atoms with Crippen LogP contribution in [0.4, 0.5) is 0 Å². The van der Waals surface area contributed by atoms with Gasteiger partial charge in [0, 0.05) is 18.8 Å². The molecule has 0 amide bonds. The molecule has 1 rings (SSSR count). The zero-order valence-corrected chi connectivity index (χ0v) is 8.92. The lowest BCUT2D eigenvalue weighted by atomic mass is 9.97. The molecule has 0 N–H and O–H groups in total. The Morgan fingerprint density at radius 2 is 2.31 bits per heavy atom. The Hall–Kier alpha value is -0.720. The molecule has 0 aromatic heterocycles. The van der Waals surface area contributed by atoms with E-state index in [2.05, 4.69) is 31.9 Å². The molecule has 1 aliphatic heterocycles. The maximum atomic E-state index is 3.98. The summed E-state index contributed by atoms with van der Waals surface area (Å²) in [5, 5.41) is 0. The second-order valence-electron chi connectivity index (χ2n) is 4.43. The average Bonchev–Trinajstić information content (AvgIpc) is 2.50. The summed E-state index contributed by atoms with van der Waals surface area (Å²) in [4.78, 5) is 2.35. The normalized spacial score (nSPS) is 22.4. The molecule has 0 aromatic carbocycles. The van der Waals surface area contributed by atoms with Crippen LogP contribution in [-0.4, -0.2) is 18.0 Å². The maximum absolute atomic E-state index is 3.98. The highest BCUT2D eigenvalue weighted by Gasteiger charge is 2.22. The number of rotatable bonds is 4. The Morgan fingerprint density at radius 3 is 2.85 bits per heavy atom. The van der Waals surface area contributed by atoms with E-state index in [0.717, 1.165) is 17.5 Å². The van der Waals surface area contributed by atoms with Crippen molar-refractivity contribution in [3.05, 3.63) is 24.9 Å². The molecule has 13 heavy (non-hydrogen) atoms. The van der Waals surface area contributed by atoms with Gasteiger partial charge in [0.05, 0.1) is 0 Å². The fourth-order valence-electron chi connectivity index (χ4n) is 2.08. The minimum Gasteiger partial charge on any atom is -0.372 e. The van der Waals surface area contributed by atoms with E-state index in [4.69, 9.17) is 0 Å². The highest BCUT2D eigenvalue weighted by Crippen LogP contribution is 2.25. The summed E-state index contributed by atoms with van der Waals surface area (Å²) in [5.74, 6) is 1.69. The van der Waals surface area contributed by atoms with Gasteiger partial charge >= 0.3 is 0 Å². The first-order valence-corrected chi connectivity index (χ1v) is 5.19. The molecule has 1 heteroatoms. The summed E-state index contributed by atoms with van der Waals surface area (Å²) in [6.07, 6.45) is 4.53. The third kappa shape index (κ3) is 2.91. The lowest BCUT2D eigenvalue weighted by molar-refractivity contribution is 0.381. The van der Waals surface area contributed by atoms with Crippen LogP contribution in [0.25, 0.3) is 0 Å². The molecular formula is C12H21N. The summed E-state index contributed by atoms with van der Waals surface area (Å²) in [6, 6.07) is 0. The van der Waals surface area contributed by atoms with Crippen molar-refractivity contribution in [2.45, 2.75) is 26.7 Å². The van der Waals surface area contributed by atoms with Gasteiger partial charge in [0.15, 0.2) is 0 Å². The van der Waals surface area contributed by atoms with Crippen molar-refractivity contribution < 1.29 is 0 Å². The fourth-order valence-corrected chi connectivity index (χ4v) is 2.08. The van der Waals surface area contributed by atoms with Crippen LogP contribution < -0.4 is 0 Å². The Kier molecular flexibility index (Phi) is 3.58. The van der Waals surface area contributed by atoms with Gasteiger partial charge in [0.2, 0.25) is 0 Å². The third-order valence-corrected chi connectivity index (χ3v) is 2.73. The SMILES string of the molecule is C=CC(=C)N1CCC(CC(C)C)C1. The van der Waals surface area contributed by atoms with Gasteiger partial charge in [-0.15, -0.1) is 0 Å². The molecule has 0 spiro atoms. The van der Waals surface area contributed by atoms with Crippen LogP contribution in [0.2, 0.25) is 0 Å². The number of allylic oxidation sites excluding steroid dienone is 1. The number of likely N-dealkylation sites (tertiary alicyclic amines) is 1. The molecule has 1 heterocycles. The summed E-state index contributed by atoms with van der Waals surface area (Å²) < 4.78 is 0. The van der Waals surface area contributed by atoms with E-state index in [9.17, 15) is 0 Å². The van der Waals surface area contributed by atoms with Crippen LogP contribution >= 0.6 is 0 Å². The first kappa shape index (κ1) is 10.4. The second kappa shape index (κ2) is 4.50. The standard InChI is InChI=1S/C12H21N/c1-5-11(4)13-7-6-12(9-13)8-10(2)3/h5,10,12H,1,4,6-9H2,2-3H3. The Morgan fingerprint density at radius 1 is 1.62 bits per heavy atom. The molecule has 1 saturated heterocycles. The molecule has 0 radical (unpaired) electrons. The maximum Gasteiger partial charge on any atom is 0.0287 e. The monoisotopic (exact) mass is 179 g/mol. The molecular weight excluding hydrogens is 158 g/mol. The largest absolute Gasteiger partial charge is 0.372 e. The fraction of sp³-hybridized carbons (Fsp3) is 0.667. The van der Waals surface area contributed by atoms with Gasteiger partial charge < -0.3 is 4.90 Å². The third-order valence-electron chi connectivity index (χ3n) is 2.73. The van der Waals surface area contributed by atoms with E-state index < -0.39 is 0 Å². The highest BCUT2D eigenvalue weighted by atomic mass is 15.2. The zero-order valence-electron chi connectivity index (χ0n) is 8.92. The van der Waals surface area contributed by atoms with Crippen LogP contribution in [0.1, 0.15) is 26.7 Å². The van der Waals surface area contributed by atoms with Gasteiger partial charge in [-0.1, -0.05) is 27.0 Å². The van der Waals surface area contributed by atoms with Gasteiger partial charge in [-0.05, 0) is 30.8 Å². The number of hydrogen-bond donors (Lipinski definition) is 0. The van der Waals surface area contributed by atoms with Crippen molar-refractivity contribution in [1.82, 2.24) is 4.90 Å². The van der Waals surface area contributed by atoms with Crippen molar-refractivity contribution >= 4 is 0 Å². The highest BCUT2D eigenvalue weighted by molar-refractivity contribution is 5.11. The van der Waals surface area contributed by atoms with Crippen LogP contribution in [-0.2, 0) is 0 Å². The van der Waals surface area contributed by atoms with Crippen LogP contribution in [0.5, 0.6) is 0 Å². The number of nitrogens with zero attached hydrogens (tertiary/aromatic N) is 1. The molecule has 74 valence electrons. The Bertz CT molecular complexity index is 193. The molecule has 1 atom stereocenters. The van der Waals surface area contributed by atoms with Gasteiger partial charge in [0.1, 0.15) is 0 Å². The smallest absolute Gasteiger partial charge is 0.0287 e. The van der Waals surface area contributed by atoms with E-state index in [1.54, 1.807) is 0 Å². The molecule has 0 aromatic rings. The average molecular weight is 179 g/mol. The van der Waals surface area contributed by atoms with Crippen molar-refractivity contribution in [1.29, 1.82) is 0 Å². The molecule has 1 nitrogen and oxygen atoms in total. The van der Waals surface area contributed by atoms with E-state index >= 15 is 0 Å². The first-order chi connectivity index (χ1) is 6.13. The minimum atomic E-state index is 0.821. The lowest BCUT2D eigenvalue weighted by Gasteiger charge is -2.18. The van der Waals surface area contributed by atoms with Crippen molar-refractivity contribution in [2.24, 2.45) is 11.8 Å². The quantitative estimate of drug-likeness (QED) is 0.599. The summed E-state index contributed by atoms with van der Waals surface area (Å²) in [6.45, 7) is 14.7. The molecule has 0 bridgehead atoms. The molecule has 1 fully saturated rings. The topological polar surface area (TPSA) is 3.24 Å². The van der Waals surface area contributed by atoms with Crippen LogP contribution in [0.3, 0.4) is 0 Å². The van der Waals surface area contributed by atoms with Crippen LogP contribution in [0, 0.1) is 11.8 Å².